The molecule has 0 saturated heterocycles. The molecule has 0 spiro atoms. The Kier molecular flexibility index (Phi) is 4.68. The van der Waals surface area contributed by atoms with Crippen molar-refractivity contribution in [3.05, 3.63) is 59.7 Å². The first kappa shape index (κ1) is 17.3. The van der Waals surface area contributed by atoms with E-state index in [1.165, 1.54) is 5.56 Å². The van der Waals surface area contributed by atoms with Gasteiger partial charge in [-0.05, 0) is 44.0 Å². The van der Waals surface area contributed by atoms with Gasteiger partial charge >= 0.3 is 0 Å². The highest BCUT2D eigenvalue weighted by Gasteiger charge is 2.41. The van der Waals surface area contributed by atoms with E-state index in [0.29, 0.717) is 5.75 Å². The number of ether oxygens (including phenoxy) is 2. The smallest absolute Gasteiger partial charge is 0.255 e. The zero-order chi connectivity index (χ0) is 18.0. The van der Waals surface area contributed by atoms with Crippen molar-refractivity contribution in [2.45, 2.75) is 37.8 Å². The first-order valence-electron chi connectivity index (χ1n) is 8.40. The van der Waals surface area contributed by atoms with Crippen LogP contribution in [-0.4, -0.2) is 24.2 Å². The molecule has 2 aromatic carbocycles. The van der Waals surface area contributed by atoms with Gasteiger partial charge in [0, 0.05) is 11.5 Å². The monoisotopic (exact) mass is 340 g/mol. The predicted molar refractivity (Wildman–Crippen MR) is 96.7 cm³/mol. The van der Waals surface area contributed by atoms with Crippen LogP contribution in [0.1, 0.15) is 30.9 Å². The van der Waals surface area contributed by atoms with Crippen molar-refractivity contribution >= 4 is 5.91 Å². The van der Waals surface area contributed by atoms with E-state index in [0.717, 1.165) is 17.7 Å². The quantitative estimate of drug-likeness (QED) is 0.875. The van der Waals surface area contributed by atoms with Gasteiger partial charge < -0.3 is 20.9 Å². The van der Waals surface area contributed by atoms with Crippen molar-refractivity contribution in [2.24, 2.45) is 11.5 Å². The van der Waals surface area contributed by atoms with Gasteiger partial charge in [0.15, 0.2) is 6.61 Å². The molecule has 5 nitrogen and oxygen atoms in total. The summed E-state index contributed by atoms with van der Waals surface area (Å²) in [6, 6.07) is 15.6. The van der Waals surface area contributed by atoms with Crippen LogP contribution in [0.2, 0.25) is 0 Å². The van der Waals surface area contributed by atoms with Crippen molar-refractivity contribution in [1.82, 2.24) is 0 Å². The van der Waals surface area contributed by atoms with Crippen LogP contribution in [0.15, 0.2) is 48.5 Å². The molecule has 25 heavy (non-hydrogen) atoms. The summed E-state index contributed by atoms with van der Waals surface area (Å²) in [6.07, 6.45) is 0.807. The van der Waals surface area contributed by atoms with Gasteiger partial charge in [0.1, 0.15) is 17.1 Å². The number of carbonyl (C=O) groups is 1. The number of rotatable bonds is 5. The van der Waals surface area contributed by atoms with Crippen LogP contribution in [0, 0.1) is 0 Å². The van der Waals surface area contributed by atoms with E-state index in [2.05, 4.69) is 12.1 Å². The van der Waals surface area contributed by atoms with Crippen molar-refractivity contribution < 1.29 is 14.3 Å². The molecule has 0 radical (unpaired) electrons. The van der Waals surface area contributed by atoms with Crippen LogP contribution in [0.25, 0.3) is 0 Å². The third-order valence-corrected chi connectivity index (χ3v) is 4.67. The number of hydrogen-bond acceptors (Lipinski definition) is 4. The summed E-state index contributed by atoms with van der Waals surface area (Å²) < 4.78 is 11.6. The molecular formula is C20H24N2O3. The van der Waals surface area contributed by atoms with Crippen LogP contribution in [0.5, 0.6) is 11.5 Å². The molecule has 0 bridgehead atoms. The molecule has 1 aliphatic heterocycles. The molecule has 2 atom stereocenters. The minimum atomic E-state index is -0.507. The summed E-state index contributed by atoms with van der Waals surface area (Å²) in [5.74, 6) is 0.969. The lowest BCUT2D eigenvalue weighted by atomic mass is 9.77. The lowest BCUT2D eigenvalue weighted by Gasteiger charge is -2.43. The average molecular weight is 340 g/mol. The highest BCUT2D eigenvalue weighted by atomic mass is 16.5. The van der Waals surface area contributed by atoms with Gasteiger partial charge in [-0.25, -0.2) is 0 Å². The normalized spacial score (nSPS) is 21.1. The number of amides is 1. The van der Waals surface area contributed by atoms with Crippen LogP contribution in [0.3, 0.4) is 0 Å². The van der Waals surface area contributed by atoms with Crippen molar-refractivity contribution in [3.63, 3.8) is 0 Å². The zero-order valence-corrected chi connectivity index (χ0v) is 14.6. The third kappa shape index (κ3) is 3.77. The van der Waals surface area contributed by atoms with Crippen molar-refractivity contribution in [1.29, 1.82) is 0 Å². The second-order valence-electron chi connectivity index (χ2n) is 6.98. The first-order valence-corrected chi connectivity index (χ1v) is 8.40. The standard InChI is InChI=1S/C20H24N2O3/c1-20(2)19(22)16(10-13-6-4-3-5-7-13)15-11-14(24-12-18(21)23)8-9-17(15)25-20/h3-9,11,16,19H,10,12,22H2,1-2H3,(H2,21,23). The lowest BCUT2D eigenvalue weighted by molar-refractivity contribution is -0.119. The van der Waals surface area contributed by atoms with Crippen molar-refractivity contribution in [3.8, 4) is 11.5 Å². The summed E-state index contributed by atoms with van der Waals surface area (Å²) in [7, 11) is 0. The minimum Gasteiger partial charge on any atom is -0.486 e. The highest BCUT2D eigenvalue weighted by Crippen LogP contribution is 2.43. The number of primary amides is 1. The van der Waals surface area contributed by atoms with E-state index in [9.17, 15) is 4.79 Å². The molecule has 132 valence electrons. The summed E-state index contributed by atoms with van der Waals surface area (Å²) in [4.78, 5) is 11.0. The number of hydrogen-bond donors (Lipinski definition) is 2. The first-order chi connectivity index (χ1) is 11.9. The Morgan fingerprint density at radius 1 is 1.20 bits per heavy atom. The second kappa shape index (κ2) is 6.76. The molecule has 3 rings (SSSR count). The molecule has 1 amide bonds. The Balaban J connectivity index is 1.95. The molecule has 0 aromatic heterocycles. The molecule has 0 saturated carbocycles. The van der Waals surface area contributed by atoms with Crippen LogP contribution >= 0.6 is 0 Å². The fraction of sp³-hybridized carbons (Fsp3) is 0.350. The maximum atomic E-state index is 11.0. The molecular weight excluding hydrogens is 316 g/mol. The van der Waals surface area contributed by atoms with Gasteiger partial charge in [0.25, 0.3) is 5.91 Å². The minimum absolute atomic E-state index is 0.0817. The van der Waals surface area contributed by atoms with E-state index < -0.39 is 11.5 Å². The van der Waals surface area contributed by atoms with E-state index in [4.69, 9.17) is 20.9 Å². The molecule has 5 heteroatoms. The van der Waals surface area contributed by atoms with Gasteiger partial charge in [-0.3, -0.25) is 4.79 Å². The van der Waals surface area contributed by atoms with E-state index >= 15 is 0 Å². The van der Waals surface area contributed by atoms with Crippen LogP contribution in [0.4, 0.5) is 0 Å². The van der Waals surface area contributed by atoms with Gasteiger partial charge in [-0.2, -0.15) is 0 Å². The SMILES string of the molecule is CC1(C)Oc2ccc(OCC(N)=O)cc2C(Cc2ccccc2)C1N. The molecule has 4 N–H and O–H groups in total. The Labute approximate surface area is 147 Å². The third-order valence-electron chi connectivity index (χ3n) is 4.67. The fourth-order valence-electron chi connectivity index (χ4n) is 3.29. The predicted octanol–water partition coefficient (Wildman–Crippen LogP) is 2.38. The zero-order valence-electron chi connectivity index (χ0n) is 14.6. The second-order valence-corrected chi connectivity index (χ2v) is 6.98. The fourth-order valence-corrected chi connectivity index (χ4v) is 3.29. The Morgan fingerprint density at radius 2 is 1.92 bits per heavy atom. The summed E-state index contributed by atoms with van der Waals surface area (Å²) in [5.41, 5.74) is 13.5. The summed E-state index contributed by atoms with van der Waals surface area (Å²) in [5, 5.41) is 0. The van der Waals surface area contributed by atoms with E-state index in [1.54, 1.807) is 6.07 Å². The molecule has 0 aliphatic carbocycles. The number of nitrogens with two attached hydrogens (primary N) is 2. The van der Waals surface area contributed by atoms with Gasteiger partial charge in [0.2, 0.25) is 0 Å². The van der Waals surface area contributed by atoms with E-state index in [1.807, 2.05) is 44.2 Å². The highest BCUT2D eigenvalue weighted by molar-refractivity contribution is 5.75. The topological polar surface area (TPSA) is 87.6 Å². The number of carbonyl (C=O) groups excluding carboxylic acids is 1. The largest absolute Gasteiger partial charge is 0.486 e. The Morgan fingerprint density at radius 3 is 2.60 bits per heavy atom. The maximum Gasteiger partial charge on any atom is 0.255 e. The average Bonchev–Trinajstić information content (AvgIpc) is 2.58. The lowest BCUT2D eigenvalue weighted by Crippen LogP contribution is -2.54. The van der Waals surface area contributed by atoms with Gasteiger partial charge in [0.05, 0.1) is 6.04 Å². The summed E-state index contributed by atoms with van der Waals surface area (Å²) >= 11 is 0. The Bertz CT molecular complexity index is 759. The molecule has 2 aromatic rings. The molecule has 2 unspecified atom stereocenters. The number of benzene rings is 2. The summed E-state index contributed by atoms with van der Waals surface area (Å²) in [6.45, 7) is 3.87. The number of fused-ring (bicyclic) bond motifs is 1. The molecule has 0 fully saturated rings. The van der Waals surface area contributed by atoms with Crippen LogP contribution < -0.4 is 20.9 Å². The van der Waals surface area contributed by atoms with Crippen molar-refractivity contribution in [2.75, 3.05) is 6.61 Å². The van der Waals surface area contributed by atoms with Crippen LogP contribution in [-0.2, 0) is 11.2 Å². The van der Waals surface area contributed by atoms with E-state index in [-0.39, 0.29) is 18.6 Å². The maximum absolute atomic E-state index is 11.0. The molecule has 1 aliphatic rings. The van der Waals surface area contributed by atoms with Gasteiger partial charge in [-0.15, -0.1) is 0 Å². The van der Waals surface area contributed by atoms with Gasteiger partial charge in [-0.1, -0.05) is 30.3 Å². The Hall–Kier alpha value is -2.53. The molecule has 1 heterocycles.